The highest BCUT2D eigenvalue weighted by molar-refractivity contribution is 7.47. The first kappa shape index (κ1) is 21.6. The van der Waals surface area contributed by atoms with Crippen LogP contribution in [0.4, 0.5) is 30.3 Å². The summed E-state index contributed by atoms with van der Waals surface area (Å²) in [7, 11) is -4.13. The fourth-order valence-electron chi connectivity index (χ4n) is 2.70. The molecule has 0 amide bonds. The minimum atomic E-state index is -5.39. The lowest BCUT2D eigenvalue weighted by atomic mass is 10.1. The Kier molecular flexibility index (Phi) is 5.42. The molecular weight excluding hydrogens is 450 g/mol. The van der Waals surface area contributed by atoms with Gasteiger partial charge in [0.15, 0.2) is 11.5 Å². The minimum absolute atomic E-state index is 0.0284. The third kappa shape index (κ3) is 3.85. The molecule has 0 radical (unpaired) electrons. The van der Waals surface area contributed by atoms with Gasteiger partial charge in [-0.1, -0.05) is 16.8 Å². The fraction of sp³-hybridized carbons (Fsp3) is 0.250. The van der Waals surface area contributed by atoms with E-state index in [1.165, 1.54) is 12.1 Å². The highest BCUT2D eigenvalue weighted by atomic mass is 35.5. The molecule has 0 aliphatic carbocycles. The van der Waals surface area contributed by atoms with Crippen LogP contribution >= 0.6 is 20.1 Å². The number of hydrogen-bond acceptors (Lipinski definition) is 3. The Morgan fingerprint density at radius 2 is 1.76 bits per heavy atom. The largest absolute Gasteiger partial charge is 0.420 e. The van der Waals surface area contributed by atoms with Gasteiger partial charge in [0.25, 0.3) is 0 Å². The van der Waals surface area contributed by atoms with Crippen LogP contribution in [-0.4, -0.2) is 14.9 Å². The smallest absolute Gasteiger partial charge is 0.356 e. The van der Waals surface area contributed by atoms with Crippen LogP contribution in [0.15, 0.2) is 28.8 Å². The van der Waals surface area contributed by atoms with Crippen LogP contribution in [0.25, 0.3) is 22.7 Å². The second kappa shape index (κ2) is 7.28. The summed E-state index contributed by atoms with van der Waals surface area (Å²) in [5, 5.41) is 6.98. The Bertz CT molecular complexity index is 1060. The SMILES string of the molecule is Cc1cc(-c2cc(-c3c(C(F)(F)F)c(C(F)(F)P(F)F)nn3C)no2)ccc1Cl. The number of alkyl halides is 5. The molecule has 3 rings (SSSR count). The summed E-state index contributed by atoms with van der Waals surface area (Å²) in [6.45, 7) is 1.69. The van der Waals surface area contributed by atoms with E-state index < -0.39 is 43.0 Å². The molecule has 0 fully saturated rings. The molecule has 4 nitrogen and oxygen atoms in total. The summed E-state index contributed by atoms with van der Waals surface area (Å²) in [5.74, 6) is 0.0284. The number of benzene rings is 1. The lowest BCUT2D eigenvalue weighted by molar-refractivity contribution is -0.139. The van der Waals surface area contributed by atoms with E-state index in [4.69, 9.17) is 16.1 Å². The Morgan fingerprint density at radius 1 is 1.10 bits per heavy atom. The topological polar surface area (TPSA) is 43.9 Å². The van der Waals surface area contributed by atoms with E-state index in [9.17, 15) is 30.3 Å². The van der Waals surface area contributed by atoms with E-state index in [1.54, 1.807) is 13.0 Å². The van der Waals surface area contributed by atoms with Crippen molar-refractivity contribution in [2.75, 3.05) is 0 Å². The van der Waals surface area contributed by atoms with E-state index in [1.807, 2.05) is 0 Å². The van der Waals surface area contributed by atoms with Crippen LogP contribution in [0, 0.1) is 6.92 Å². The molecule has 2 heterocycles. The van der Waals surface area contributed by atoms with Crippen LogP contribution in [0.2, 0.25) is 5.02 Å². The van der Waals surface area contributed by atoms with Crippen molar-refractivity contribution < 1.29 is 34.9 Å². The van der Waals surface area contributed by atoms with Gasteiger partial charge in [0, 0.05) is 23.7 Å². The van der Waals surface area contributed by atoms with E-state index in [2.05, 4.69) is 10.3 Å². The summed E-state index contributed by atoms with van der Waals surface area (Å²) in [5.41, 5.74) is -9.41. The molecule has 0 aliphatic heterocycles. The van der Waals surface area contributed by atoms with Crippen LogP contribution < -0.4 is 0 Å². The number of nitrogens with zero attached hydrogens (tertiary/aromatic N) is 3. The zero-order valence-corrected chi connectivity index (χ0v) is 16.2. The molecule has 0 unspecified atom stereocenters. The van der Waals surface area contributed by atoms with E-state index in [-0.39, 0.29) is 5.76 Å². The van der Waals surface area contributed by atoms with Gasteiger partial charge in [0.2, 0.25) is 0 Å². The van der Waals surface area contributed by atoms with Gasteiger partial charge in [-0.25, -0.2) is 0 Å². The van der Waals surface area contributed by atoms with Gasteiger partial charge in [-0.05, 0) is 30.7 Å². The maximum absolute atomic E-state index is 13.8. The fourth-order valence-corrected chi connectivity index (χ4v) is 3.13. The summed E-state index contributed by atoms with van der Waals surface area (Å²) >= 11 is 5.92. The molecule has 0 N–H and O–H groups in total. The minimum Gasteiger partial charge on any atom is -0.356 e. The molecule has 0 saturated carbocycles. The van der Waals surface area contributed by atoms with Gasteiger partial charge in [-0.15, -0.1) is 0 Å². The highest BCUT2D eigenvalue weighted by Gasteiger charge is 2.54. The van der Waals surface area contributed by atoms with Crippen molar-refractivity contribution in [3.05, 3.63) is 46.1 Å². The maximum atomic E-state index is 13.8. The second-order valence-electron chi connectivity index (χ2n) is 6.01. The average Bonchev–Trinajstić information content (AvgIpc) is 3.21. The zero-order valence-electron chi connectivity index (χ0n) is 14.5. The first-order chi connectivity index (χ1) is 13.3. The molecule has 13 heteroatoms. The average molecular weight is 460 g/mol. The van der Waals surface area contributed by atoms with Gasteiger partial charge in [-0.3, -0.25) is 4.68 Å². The number of rotatable bonds is 4. The quantitative estimate of drug-likeness (QED) is 0.311. The van der Waals surface area contributed by atoms with Crippen molar-refractivity contribution >= 4 is 20.1 Å². The third-order valence-electron chi connectivity index (χ3n) is 4.02. The predicted molar refractivity (Wildman–Crippen MR) is 91.9 cm³/mol. The molecule has 0 atom stereocenters. The van der Waals surface area contributed by atoms with E-state index in [0.29, 0.717) is 20.8 Å². The van der Waals surface area contributed by atoms with Crippen molar-refractivity contribution in [2.45, 2.75) is 18.8 Å². The van der Waals surface area contributed by atoms with Crippen LogP contribution in [0.3, 0.4) is 0 Å². The third-order valence-corrected chi connectivity index (χ3v) is 5.08. The number of halogens is 8. The van der Waals surface area contributed by atoms with E-state index >= 15 is 0 Å². The normalized spacial score (nSPS) is 12.8. The molecule has 1 aromatic carbocycles. The van der Waals surface area contributed by atoms with Crippen molar-refractivity contribution in [3.8, 4) is 22.7 Å². The van der Waals surface area contributed by atoms with Gasteiger partial charge >= 0.3 is 20.4 Å². The van der Waals surface area contributed by atoms with Gasteiger partial charge in [0.05, 0.1) is 0 Å². The first-order valence-corrected chi connectivity index (χ1v) is 9.22. The van der Waals surface area contributed by atoms with Crippen molar-refractivity contribution in [1.82, 2.24) is 14.9 Å². The predicted octanol–water partition coefficient (Wildman–Crippen LogP) is 7.02. The molecule has 0 spiro atoms. The summed E-state index contributed by atoms with van der Waals surface area (Å²) in [4.78, 5) is 0. The second-order valence-corrected chi connectivity index (χ2v) is 7.44. The zero-order chi connectivity index (χ0) is 21.7. The molecule has 3 aromatic rings. The monoisotopic (exact) mass is 459 g/mol. The summed E-state index contributed by atoms with van der Waals surface area (Å²) in [6.07, 6.45) is -5.39. The Hall–Kier alpha value is -2.13. The number of aromatic nitrogens is 3. The molecule has 2 aromatic heterocycles. The van der Waals surface area contributed by atoms with Gasteiger partial charge in [0.1, 0.15) is 17.0 Å². The standard InChI is InChI=1S/C16H10ClF7N3OP/c1-7-5-8(3-4-9(7)17)11-6-10(26-28-11)13-12(15(18,19)20)14(25-27(13)2)16(21,22)29(23)24/h3-6H,1-2H3. The molecule has 0 saturated heterocycles. The number of aryl methyl sites for hydroxylation is 2. The molecule has 0 bridgehead atoms. The Labute approximate surface area is 165 Å². The lowest BCUT2D eigenvalue weighted by Gasteiger charge is -2.15. The van der Waals surface area contributed by atoms with Crippen LogP contribution in [0.1, 0.15) is 16.8 Å². The van der Waals surface area contributed by atoms with Crippen LogP contribution in [-0.2, 0) is 18.9 Å². The van der Waals surface area contributed by atoms with E-state index in [0.717, 1.165) is 13.1 Å². The summed E-state index contributed by atoms with van der Waals surface area (Å²) < 4.78 is 99.1. The highest BCUT2D eigenvalue weighted by Crippen LogP contribution is 2.62. The van der Waals surface area contributed by atoms with Gasteiger partial charge in [-0.2, -0.15) is 35.4 Å². The van der Waals surface area contributed by atoms with Crippen molar-refractivity contribution in [1.29, 1.82) is 0 Å². The molecule has 29 heavy (non-hydrogen) atoms. The number of hydrogen-bond donors (Lipinski definition) is 0. The van der Waals surface area contributed by atoms with Gasteiger partial charge < -0.3 is 4.52 Å². The van der Waals surface area contributed by atoms with Crippen LogP contribution in [0.5, 0.6) is 0 Å². The maximum Gasteiger partial charge on any atom is 0.420 e. The Morgan fingerprint density at radius 3 is 2.31 bits per heavy atom. The molecule has 0 aliphatic rings. The Balaban J connectivity index is 2.18. The molecular formula is C16H10ClF7N3OP. The van der Waals surface area contributed by atoms with Crippen molar-refractivity contribution in [2.24, 2.45) is 7.05 Å². The lowest BCUT2D eigenvalue weighted by Crippen LogP contribution is -2.17. The molecule has 156 valence electrons. The summed E-state index contributed by atoms with van der Waals surface area (Å²) in [6, 6.07) is 5.71. The first-order valence-electron chi connectivity index (χ1n) is 7.72. The van der Waals surface area contributed by atoms with Crippen molar-refractivity contribution in [3.63, 3.8) is 0 Å².